The third-order valence-electron chi connectivity index (χ3n) is 6.12. The summed E-state index contributed by atoms with van der Waals surface area (Å²) in [4.78, 5) is 35.7. The first kappa shape index (κ1) is 23.4. The van der Waals surface area contributed by atoms with E-state index >= 15 is 0 Å². The van der Waals surface area contributed by atoms with Gasteiger partial charge in [-0.05, 0) is 36.8 Å². The number of carbonyl (C=O) groups is 2. The number of aryl methyl sites for hydroxylation is 1. The van der Waals surface area contributed by atoms with Gasteiger partial charge in [-0.15, -0.1) is 0 Å². The number of halogens is 1. The number of methoxy groups -OCH3 is 2. The summed E-state index contributed by atoms with van der Waals surface area (Å²) in [5.41, 5.74) is 3.03. The first-order valence-electron chi connectivity index (χ1n) is 11.1. The van der Waals surface area contributed by atoms with Gasteiger partial charge >= 0.3 is 5.91 Å². The molecule has 2 heterocycles. The Balaban J connectivity index is 1.72. The topological polar surface area (TPSA) is 105 Å². The maximum Gasteiger partial charge on any atom is 0.302 e. The smallest absolute Gasteiger partial charge is 0.302 e. The average molecular weight is 504 g/mol. The van der Waals surface area contributed by atoms with Crippen LogP contribution in [0.15, 0.2) is 66.2 Å². The predicted molar refractivity (Wildman–Crippen MR) is 137 cm³/mol. The van der Waals surface area contributed by atoms with Gasteiger partial charge in [0.2, 0.25) is 5.95 Å². The summed E-state index contributed by atoms with van der Waals surface area (Å²) in [5, 5.41) is 11.7. The third-order valence-corrected chi connectivity index (χ3v) is 6.37. The van der Waals surface area contributed by atoms with Crippen LogP contribution in [-0.2, 0) is 9.59 Å². The second-order valence-electron chi connectivity index (χ2n) is 8.37. The molecule has 1 aliphatic rings. The van der Waals surface area contributed by atoms with E-state index in [1.807, 2.05) is 25.1 Å². The number of carbonyl (C=O) groups excluding carboxylic acids is 2. The number of nitrogens with one attached hydrogen (secondary N) is 1. The minimum atomic E-state index is -0.912. The second kappa shape index (κ2) is 9.05. The Labute approximate surface area is 211 Å². The number of imidazole rings is 1. The Morgan fingerprint density at radius 3 is 2.39 bits per heavy atom. The fraction of sp³-hybridized carbons (Fsp3) is 0.148. The average Bonchev–Trinajstić information content (AvgIpc) is 3.40. The van der Waals surface area contributed by atoms with Crippen molar-refractivity contribution in [3.8, 4) is 11.5 Å². The van der Waals surface area contributed by atoms with Gasteiger partial charge in [0.05, 0.1) is 36.9 Å². The molecular formula is C27H22ClN3O5. The summed E-state index contributed by atoms with van der Waals surface area (Å²) in [6.45, 7) is 1.91. The highest BCUT2D eigenvalue weighted by Gasteiger charge is 2.48. The number of hydrogen-bond acceptors (Lipinski definition) is 6. The molecule has 0 aliphatic carbocycles. The lowest BCUT2D eigenvalue weighted by molar-refractivity contribution is -0.132. The molecule has 1 atom stereocenters. The molecule has 1 amide bonds. The summed E-state index contributed by atoms with van der Waals surface area (Å²) in [5.74, 6) is -0.801. The third kappa shape index (κ3) is 3.85. The van der Waals surface area contributed by atoms with Crippen molar-refractivity contribution in [3.63, 3.8) is 0 Å². The number of anilines is 1. The summed E-state index contributed by atoms with van der Waals surface area (Å²) in [6.07, 6.45) is 0. The molecule has 0 bridgehead atoms. The Bertz CT molecular complexity index is 1500. The van der Waals surface area contributed by atoms with Gasteiger partial charge in [-0.3, -0.25) is 14.5 Å². The lowest BCUT2D eigenvalue weighted by atomic mass is 9.94. The number of benzene rings is 3. The van der Waals surface area contributed by atoms with Gasteiger partial charge in [0.15, 0.2) is 11.5 Å². The number of rotatable bonds is 5. The molecular weight excluding hydrogens is 482 g/mol. The van der Waals surface area contributed by atoms with Gasteiger partial charge in [-0.1, -0.05) is 41.4 Å². The van der Waals surface area contributed by atoms with E-state index in [4.69, 9.17) is 21.1 Å². The fourth-order valence-electron chi connectivity index (χ4n) is 4.41. The van der Waals surface area contributed by atoms with Crippen molar-refractivity contribution in [1.82, 2.24) is 9.97 Å². The van der Waals surface area contributed by atoms with E-state index < -0.39 is 17.7 Å². The number of fused-ring (bicyclic) bond motifs is 1. The summed E-state index contributed by atoms with van der Waals surface area (Å²) in [6, 6.07) is 16.3. The van der Waals surface area contributed by atoms with Crippen LogP contribution in [0.2, 0.25) is 5.02 Å². The maximum absolute atomic E-state index is 13.4. The summed E-state index contributed by atoms with van der Waals surface area (Å²) < 4.78 is 10.7. The Morgan fingerprint density at radius 1 is 1.03 bits per heavy atom. The van der Waals surface area contributed by atoms with Crippen LogP contribution in [0.3, 0.4) is 0 Å². The normalized spacial score (nSPS) is 17.1. The van der Waals surface area contributed by atoms with E-state index in [0.29, 0.717) is 38.7 Å². The SMILES string of the molecule is COc1cc2nc(N3C(=O)C(=O)/C(=C(/O)c4ccc(Cl)cc4)C3c3cccc(C)c3)[nH]c2cc1OC. The van der Waals surface area contributed by atoms with E-state index in [-0.39, 0.29) is 17.3 Å². The Morgan fingerprint density at radius 2 is 1.72 bits per heavy atom. The van der Waals surface area contributed by atoms with Crippen LogP contribution in [-0.4, -0.2) is 41.0 Å². The van der Waals surface area contributed by atoms with Gasteiger partial charge in [0, 0.05) is 22.7 Å². The van der Waals surface area contributed by atoms with E-state index in [1.165, 1.54) is 19.1 Å². The molecule has 8 nitrogen and oxygen atoms in total. The minimum absolute atomic E-state index is 0.0384. The van der Waals surface area contributed by atoms with Gasteiger partial charge in [0.25, 0.3) is 5.78 Å². The molecule has 0 radical (unpaired) electrons. The van der Waals surface area contributed by atoms with Crippen molar-refractivity contribution < 1.29 is 24.2 Å². The van der Waals surface area contributed by atoms with Crippen LogP contribution < -0.4 is 14.4 Å². The predicted octanol–water partition coefficient (Wildman–Crippen LogP) is 5.17. The molecule has 182 valence electrons. The highest BCUT2D eigenvalue weighted by atomic mass is 35.5. The molecule has 0 spiro atoms. The first-order chi connectivity index (χ1) is 17.3. The quantitative estimate of drug-likeness (QED) is 0.221. The molecule has 4 aromatic rings. The second-order valence-corrected chi connectivity index (χ2v) is 8.81. The Hall–Kier alpha value is -4.30. The maximum atomic E-state index is 13.4. The molecule has 9 heteroatoms. The number of amides is 1. The largest absolute Gasteiger partial charge is 0.507 e. The lowest BCUT2D eigenvalue weighted by Crippen LogP contribution is -2.30. The number of ketones is 1. The van der Waals surface area contributed by atoms with Crippen molar-refractivity contribution in [2.24, 2.45) is 0 Å². The van der Waals surface area contributed by atoms with Gasteiger partial charge in [0.1, 0.15) is 5.76 Å². The fourth-order valence-corrected chi connectivity index (χ4v) is 4.53. The van der Waals surface area contributed by atoms with Crippen LogP contribution in [0.4, 0.5) is 5.95 Å². The van der Waals surface area contributed by atoms with Crippen LogP contribution >= 0.6 is 11.6 Å². The van der Waals surface area contributed by atoms with E-state index in [9.17, 15) is 14.7 Å². The number of aromatic nitrogens is 2. The van der Waals surface area contributed by atoms with Crippen molar-refractivity contribution in [2.75, 3.05) is 19.1 Å². The van der Waals surface area contributed by atoms with Crippen molar-refractivity contribution in [1.29, 1.82) is 0 Å². The number of aromatic amines is 1. The first-order valence-corrected chi connectivity index (χ1v) is 11.5. The number of Topliss-reactive ketones (excluding diaryl/α,β-unsaturated/α-hetero) is 1. The molecule has 2 N–H and O–H groups in total. The number of aliphatic hydroxyl groups excluding tert-OH is 1. The Kier molecular flexibility index (Phi) is 5.89. The van der Waals surface area contributed by atoms with E-state index in [2.05, 4.69) is 9.97 Å². The number of nitrogens with zero attached hydrogens (tertiary/aromatic N) is 2. The van der Waals surface area contributed by atoms with Gasteiger partial charge < -0.3 is 19.6 Å². The molecule has 0 saturated carbocycles. The summed E-state index contributed by atoms with van der Waals surface area (Å²) >= 11 is 6.00. The zero-order chi connectivity index (χ0) is 25.6. The van der Waals surface area contributed by atoms with Crippen LogP contribution in [0.5, 0.6) is 11.5 Å². The molecule has 5 rings (SSSR count). The molecule has 1 fully saturated rings. The number of H-pyrrole nitrogens is 1. The monoisotopic (exact) mass is 503 g/mol. The highest BCUT2D eigenvalue weighted by Crippen LogP contribution is 2.42. The molecule has 36 heavy (non-hydrogen) atoms. The standard InChI is InChI=1S/C27H22ClN3O5/c1-14-5-4-6-16(11-14)23-22(24(32)15-7-9-17(28)10-8-15)25(33)26(34)31(23)27-29-18-12-20(35-2)21(36-3)13-19(18)30-27/h4-13,23,32H,1-3H3,(H,29,30)/b24-22+. The van der Waals surface area contributed by atoms with Crippen molar-refractivity contribution >= 4 is 46.0 Å². The van der Waals surface area contributed by atoms with Crippen LogP contribution in [0, 0.1) is 6.92 Å². The van der Waals surface area contributed by atoms with E-state index in [1.54, 1.807) is 42.5 Å². The van der Waals surface area contributed by atoms with Crippen molar-refractivity contribution in [3.05, 3.63) is 87.9 Å². The van der Waals surface area contributed by atoms with Crippen LogP contribution in [0.1, 0.15) is 22.7 Å². The van der Waals surface area contributed by atoms with Crippen LogP contribution in [0.25, 0.3) is 16.8 Å². The summed E-state index contributed by atoms with van der Waals surface area (Å²) in [7, 11) is 3.04. The van der Waals surface area contributed by atoms with Gasteiger partial charge in [-0.25, -0.2) is 4.98 Å². The van der Waals surface area contributed by atoms with Crippen molar-refractivity contribution in [2.45, 2.75) is 13.0 Å². The number of hydrogen-bond donors (Lipinski definition) is 2. The molecule has 1 saturated heterocycles. The number of aliphatic hydroxyl groups is 1. The molecule has 3 aromatic carbocycles. The highest BCUT2D eigenvalue weighted by molar-refractivity contribution is 6.51. The molecule has 1 aromatic heterocycles. The molecule has 1 unspecified atom stereocenters. The minimum Gasteiger partial charge on any atom is -0.507 e. The number of ether oxygens (including phenoxy) is 2. The zero-order valence-corrected chi connectivity index (χ0v) is 20.5. The lowest BCUT2D eigenvalue weighted by Gasteiger charge is -2.23. The van der Waals surface area contributed by atoms with E-state index in [0.717, 1.165) is 5.56 Å². The van der Waals surface area contributed by atoms with Gasteiger partial charge in [-0.2, -0.15) is 0 Å². The molecule has 1 aliphatic heterocycles. The zero-order valence-electron chi connectivity index (χ0n) is 19.7.